The van der Waals surface area contributed by atoms with Crippen LogP contribution in [0.3, 0.4) is 0 Å². The number of hydrogen-bond acceptors (Lipinski definition) is 6. The average Bonchev–Trinajstić information content (AvgIpc) is 2.97. The van der Waals surface area contributed by atoms with E-state index in [0.717, 1.165) is 71.3 Å². The number of rotatable bonds is 11. The highest BCUT2D eigenvalue weighted by molar-refractivity contribution is 9.11. The molecule has 1 aliphatic heterocycles. The molecular weight excluding hydrogens is 602 g/mol. The largest absolute Gasteiger partial charge is 0.493 e. The van der Waals surface area contributed by atoms with Gasteiger partial charge < -0.3 is 29.7 Å². The SMILES string of the molecule is COc1cc2c(cc1OC)CC(=O)N(CCCN(C)CCCOc1cc(Br)c(N)c(Br)c1)CC2.Cl. The number of benzene rings is 2. The Kier molecular flexibility index (Phi) is 12.0. The molecule has 3 rings (SSSR count). The van der Waals surface area contributed by atoms with Crippen molar-refractivity contribution in [3.63, 3.8) is 0 Å². The maximum absolute atomic E-state index is 12.8. The van der Waals surface area contributed by atoms with E-state index in [1.807, 2.05) is 29.2 Å². The summed E-state index contributed by atoms with van der Waals surface area (Å²) in [4.78, 5) is 17.1. The Morgan fingerprint density at radius 3 is 2.23 bits per heavy atom. The fourth-order valence-corrected chi connectivity index (χ4v) is 5.21. The molecule has 2 aromatic carbocycles. The van der Waals surface area contributed by atoms with Gasteiger partial charge in [0.25, 0.3) is 0 Å². The molecule has 0 bridgehead atoms. The molecule has 1 aliphatic rings. The normalized spacial score (nSPS) is 13.2. The van der Waals surface area contributed by atoms with Crippen LogP contribution in [0.25, 0.3) is 0 Å². The summed E-state index contributed by atoms with van der Waals surface area (Å²) in [6.45, 7) is 3.97. The van der Waals surface area contributed by atoms with Gasteiger partial charge in [0.05, 0.1) is 32.9 Å². The number of nitrogens with two attached hydrogens (primary N) is 1. The van der Waals surface area contributed by atoms with Crippen molar-refractivity contribution in [2.45, 2.75) is 25.7 Å². The van der Waals surface area contributed by atoms with Crippen molar-refractivity contribution in [2.24, 2.45) is 0 Å². The van der Waals surface area contributed by atoms with Crippen LogP contribution in [0.5, 0.6) is 17.2 Å². The first-order valence-corrected chi connectivity index (χ1v) is 13.0. The molecule has 0 fully saturated rings. The molecule has 2 N–H and O–H groups in total. The lowest BCUT2D eigenvalue weighted by Gasteiger charge is -2.23. The van der Waals surface area contributed by atoms with Crippen LogP contribution in [0.15, 0.2) is 33.2 Å². The molecule has 2 aromatic rings. The topological polar surface area (TPSA) is 77.3 Å². The van der Waals surface area contributed by atoms with Crippen molar-refractivity contribution in [3.05, 3.63) is 44.3 Å². The lowest BCUT2D eigenvalue weighted by Crippen LogP contribution is -2.35. The predicted octanol–water partition coefficient (Wildman–Crippen LogP) is 4.95. The van der Waals surface area contributed by atoms with E-state index >= 15 is 0 Å². The van der Waals surface area contributed by atoms with E-state index in [1.165, 1.54) is 0 Å². The number of nitrogens with zero attached hydrogens (tertiary/aromatic N) is 2. The molecule has 0 saturated heterocycles. The van der Waals surface area contributed by atoms with Crippen molar-refractivity contribution in [1.29, 1.82) is 0 Å². The molecule has 0 atom stereocenters. The second-order valence-corrected chi connectivity index (χ2v) is 10.2. The van der Waals surface area contributed by atoms with Gasteiger partial charge in [0.1, 0.15) is 5.75 Å². The van der Waals surface area contributed by atoms with E-state index in [1.54, 1.807) is 14.2 Å². The summed E-state index contributed by atoms with van der Waals surface area (Å²) in [6.07, 6.45) is 3.08. The summed E-state index contributed by atoms with van der Waals surface area (Å²) < 4.78 is 18.3. The molecule has 1 amide bonds. The summed E-state index contributed by atoms with van der Waals surface area (Å²) >= 11 is 6.88. The first kappa shape index (κ1) is 29.5. The number of fused-ring (bicyclic) bond motifs is 1. The van der Waals surface area contributed by atoms with Gasteiger partial charge in [0.15, 0.2) is 11.5 Å². The number of carbonyl (C=O) groups is 1. The maximum Gasteiger partial charge on any atom is 0.227 e. The minimum absolute atomic E-state index is 0. The van der Waals surface area contributed by atoms with Crippen LogP contribution in [0.4, 0.5) is 5.69 Å². The van der Waals surface area contributed by atoms with Crippen molar-refractivity contribution in [2.75, 3.05) is 59.8 Å². The van der Waals surface area contributed by atoms with Crippen molar-refractivity contribution in [1.82, 2.24) is 9.80 Å². The number of halogens is 3. The molecule has 0 unspecified atom stereocenters. The van der Waals surface area contributed by atoms with Gasteiger partial charge in [-0.3, -0.25) is 4.79 Å². The lowest BCUT2D eigenvalue weighted by atomic mass is 10.0. The van der Waals surface area contributed by atoms with Gasteiger partial charge >= 0.3 is 0 Å². The fourth-order valence-electron chi connectivity index (χ4n) is 4.06. The molecule has 10 heteroatoms. The summed E-state index contributed by atoms with van der Waals surface area (Å²) in [7, 11) is 5.36. The first-order chi connectivity index (χ1) is 16.3. The number of anilines is 1. The van der Waals surface area contributed by atoms with E-state index in [4.69, 9.17) is 19.9 Å². The highest BCUT2D eigenvalue weighted by Gasteiger charge is 2.22. The molecule has 0 spiro atoms. The second kappa shape index (κ2) is 14.2. The van der Waals surface area contributed by atoms with E-state index in [2.05, 4.69) is 43.8 Å². The highest BCUT2D eigenvalue weighted by Crippen LogP contribution is 2.33. The monoisotopic (exact) mass is 633 g/mol. The number of ether oxygens (including phenoxy) is 3. The van der Waals surface area contributed by atoms with Gasteiger partial charge in [-0.25, -0.2) is 0 Å². The zero-order valence-electron chi connectivity index (χ0n) is 20.4. The summed E-state index contributed by atoms with van der Waals surface area (Å²) in [5, 5.41) is 0. The van der Waals surface area contributed by atoms with E-state index < -0.39 is 0 Å². The van der Waals surface area contributed by atoms with Crippen LogP contribution in [-0.4, -0.2) is 69.8 Å². The number of nitrogen functional groups attached to an aromatic ring is 1. The molecule has 0 aromatic heterocycles. The second-order valence-electron chi connectivity index (χ2n) is 8.44. The summed E-state index contributed by atoms with van der Waals surface area (Å²) in [5.41, 5.74) is 8.77. The molecule has 0 radical (unpaired) electrons. The van der Waals surface area contributed by atoms with Crippen LogP contribution in [-0.2, 0) is 17.6 Å². The van der Waals surface area contributed by atoms with Crippen molar-refractivity contribution >= 4 is 55.9 Å². The fraction of sp³-hybridized carbons (Fsp3) is 0.480. The Morgan fingerprint density at radius 1 is 1.00 bits per heavy atom. The Bertz CT molecular complexity index is 986. The van der Waals surface area contributed by atoms with Gasteiger partial charge in [0, 0.05) is 28.6 Å². The Morgan fingerprint density at radius 2 is 1.60 bits per heavy atom. The Hall–Kier alpha value is -1.68. The molecule has 194 valence electrons. The number of methoxy groups -OCH3 is 2. The average molecular weight is 636 g/mol. The Balaban J connectivity index is 0.00000432. The van der Waals surface area contributed by atoms with Crippen LogP contribution in [0.2, 0.25) is 0 Å². The standard InChI is InChI=1S/C25H33Br2N3O4.ClH/c1-29(8-5-11-34-19-15-20(26)25(28)21(27)16-19)7-4-9-30-10-6-17-12-22(32-2)23(33-3)13-18(17)14-24(30)31;/h12-13,15-16H,4-11,14,28H2,1-3H3;1H. The minimum Gasteiger partial charge on any atom is -0.493 e. The van der Waals surface area contributed by atoms with Crippen LogP contribution < -0.4 is 19.9 Å². The molecule has 0 aliphatic carbocycles. The van der Waals surface area contributed by atoms with Crippen LogP contribution >= 0.6 is 44.3 Å². The molecule has 7 nitrogen and oxygen atoms in total. The summed E-state index contributed by atoms with van der Waals surface area (Å²) in [5.74, 6) is 2.34. The minimum atomic E-state index is 0. The Labute approximate surface area is 230 Å². The van der Waals surface area contributed by atoms with E-state index in [-0.39, 0.29) is 18.3 Å². The third-order valence-corrected chi connectivity index (χ3v) is 7.34. The van der Waals surface area contributed by atoms with Gasteiger partial charge in [-0.05, 0) is 100 Å². The smallest absolute Gasteiger partial charge is 0.227 e. The quantitative estimate of drug-likeness (QED) is 0.278. The maximum atomic E-state index is 12.8. The highest BCUT2D eigenvalue weighted by atomic mass is 79.9. The number of amides is 1. The van der Waals surface area contributed by atoms with Crippen molar-refractivity contribution in [3.8, 4) is 17.2 Å². The van der Waals surface area contributed by atoms with E-state index in [9.17, 15) is 4.79 Å². The molecule has 1 heterocycles. The van der Waals surface area contributed by atoms with E-state index in [0.29, 0.717) is 30.2 Å². The van der Waals surface area contributed by atoms with Gasteiger partial charge in [-0.15, -0.1) is 12.4 Å². The van der Waals surface area contributed by atoms with Gasteiger partial charge in [-0.2, -0.15) is 0 Å². The zero-order chi connectivity index (χ0) is 24.7. The molecule has 0 saturated carbocycles. The third kappa shape index (κ3) is 8.17. The molecule has 35 heavy (non-hydrogen) atoms. The first-order valence-electron chi connectivity index (χ1n) is 11.4. The third-order valence-electron chi connectivity index (χ3n) is 6.02. The predicted molar refractivity (Wildman–Crippen MR) is 149 cm³/mol. The zero-order valence-corrected chi connectivity index (χ0v) is 24.4. The van der Waals surface area contributed by atoms with Gasteiger partial charge in [0.2, 0.25) is 5.91 Å². The number of carbonyl (C=O) groups excluding carboxylic acids is 1. The number of hydrogen-bond donors (Lipinski definition) is 1. The summed E-state index contributed by atoms with van der Waals surface area (Å²) in [6, 6.07) is 7.70. The van der Waals surface area contributed by atoms with Crippen LogP contribution in [0.1, 0.15) is 24.0 Å². The van der Waals surface area contributed by atoms with Gasteiger partial charge in [-0.1, -0.05) is 0 Å². The lowest BCUT2D eigenvalue weighted by molar-refractivity contribution is -0.130. The molecular formula is C25H34Br2ClN3O4. The van der Waals surface area contributed by atoms with Crippen molar-refractivity contribution < 1.29 is 19.0 Å². The van der Waals surface area contributed by atoms with Crippen LogP contribution in [0, 0.1) is 0 Å².